The van der Waals surface area contributed by atoms with Gasteiger partial charge < -0.3 is 0 Å². The molecule has 0 spiro atoms. The fourth-order valence-electron chi connectivity index (χ4n) is 3.48. The number of nitriles is 1. The third-order valence-electron chi connectivity index (χ3n) is 5.11. The van der Waals surface area contributed by atoms with Crippen LogP contribution in [-0.2, 0) is 0 Å². The van der Waals surface area contributed by atoms with Crippen molar-refractivity contribution < 1.29 is 8.78 Å². The van der Waals surface area contributed by atoms with Crippen molar-refractivity contribution in [2.75, 3.05) is 0 Å². The molecule has 140 valence electrons. The summed E-state index contributed by atoms with van der Waals surface area (Å²) in [7, 11) is 0. The minimum atomic E-state index is -0.780. The maximum atomic E-state index is 13.8. The quantitative estimate of drug-likeness (QED) is 0.398. The lowest BCUT2D eigenvalue weighted by molar-refractivity contribution is 0.572. The lowest BCUT2D eigenvalue weighted by atomic mass is 9.90. The van der Waals surface area contributed by atoms with Crippen LogP contribution in [0.15, 0.2) is 29.9 Å². The van der Waals surface area contributed by atoms with Crippen LogP contribution in [0.25, 0.3) is 5.57 Å². The average molecular weight is 357 g/mol. The van der Waals surface area contributed by atoms with Crippen molar-refractivity contribution in [2.24, 2.45) is 0 Å². The first-order valence-electron chi connectivity index (χ1n) is 9.93. The van der Waals surface area contributed by atoms with Gasteiger partial charge in [-0.3, -0.25) is 0 Å². The second kappa shape index (κ2) is 10.9. The van der Waals surface area contributed by atoms with Gasteiger partial charge in [0.15, 0.2) is 0 Å². The van der Waals surface area contributed by atoms with Crippen molar-refractivity contribution in [3.8, 4) is 6.07 Å². The van der Waals surface area contributed by atoms with Crippen molar-refractivity contribution in [2.45, 2.75) is 77.6 Å². The predicted octanol–water partition coefficient (Wildman–Crippen LogP) is 7.47. The highest BCUT2D eigenvalue weighted by molar-refractivity contribution is 5.69. The molecule has 0 saturated carbocycles. The van der Waals surface area contributed by atoms with Gasteiger partial charge in [0.25, 0.3) is 0 Å². The summed E-state index contributed by atoms with van der Waals surface area (Å²) in [6.07, 6.45) is 17.5. The first-order chi connectivity index (χ1) is 12.7. The van der Waals surface area contributed by atoms with E-state index in [4.69, 9.17) is 5.26 Å². The van der Waals surface area contributed by atoms with Crippen molar-refractivity contribution in [3.05, 3.63) is 52.6 Å². The van der Waals surface area contributed by atoms with Crippen molar-refractivity contribution in [1.29, 1.82) is 5.26 Å². The van der Waals surface area contributed by atoms with E-state index >= 15 is 0 Å². The van der Waals surface area contributed by atoms with Crippen LogP contribution in [0.1, 0.15) is 88.7 Å². The van der Waals surface area contributed by atoms with Gasteiger partial charge >= 0.3 is 0 Å². The zero-order valence-electron chi connectivity index (χ0n) is 15.8. The number of halogens is 2. The SMILES string of the molecule is CCCCCCCCCCC1=CC=C(c2cc(F)c(C#N)c(F)c2)CC1. The third kappa shape index (κ3) is 6.09. The molecule has 0 saturated heterocycles. The van der Waals surface area contributed by atoms with Gasteiger partial charge in [0.05, 0.1) is 0 Å². The fraction of sp³-hybridized carbons (Fsp3) is 0.522. The maximum Gasteiger partial charge on any atom is 0.144 e. The van der Waals surface area contributed by atoms with Gasteiger partial charge in [0, 0.05) is 0 Å². The van der Waals surface area contributed by atoms with Crippen LogP contribution < -0.4 is 0 Å². The number of hydrogen-bond donors (Lipinski definition) is 0. The van der Waals surface area contributed by atoms with Crippen LogP contribution in [-0.4, -0.2) is 0 Å². The molecule has 0 N–H and O–H groups in total. The van der Waals surface area contributed by atoms with E-state index in [9.17, 15) is 8.78 Å². The molecular formula is C23H29F2N. The summed E-state index contributed by atoms with van der Waals surface area (Å²) in [5.41, 5.74) is 2.40. The van der Waals surface area contributed by atoms with E-state index in [-0.39, 0.29) is 0 Å². The Morgan fingerprint density at radius 2 is 1.50 bits per heavy atom. The fourth-order valence-corrected chi connectivity index (χ4v) is 3.48. The summed E-state index contributed by atoms with van der Waals surface area (Å²) >= 11 is 0. The second-order valence-electron chi connectivity index (χ2n) is 7.17. The molecule has 2 rings (SSSR count). The van der Waals surface area contributed by atoms with E-state index in [1.807, 2.05) is 6.08 Å². The number of unbranched alkanes of at least 4 members (excludes halogenated alkanes) is 7. The Bertz CT molecular complexity index is 672. The van der Waals surface area contributed by atoms with E-state index in [2.05, 4.69) is 13.0 Å². The Morgan fingerprint density at radius 1 is 0.885 bits per heavy atom. The van der Waals surface area contributed by atoms with E-state index in [0.717, 1.165) is 24.8 Å². The second-order valence-corrected chi connectivity index (χ2v) is 7.17. The molecule has 26 heavy (non-hydrogen) atoms. The van der Waals surface area contributed by atoms with Crippen LogP contribution in [0.2, 0.25) is 0 Å². The Balaban J connectivity index is 1.80. The summed E-state index contributed by atoms with van der Waals surface area (Å²) in [5.74, 6) is -1.56. The van der Waals surface area contributed by atoms with Crippen LogP contribution in [0.5, 0.6) is 0 Å². The molecule has 0 aromatic heterocycles. The van der Waals surface area contributed by atoms with Crippen LogP contribution in [0.4, 0.5) is 8.78 Å². The highest BCUT2D eigenvalue weighted by atomic mass is 19.1. The lowest BCUT2D eigenvalue weighted by Gasteiger charge is -2.15. The molecule has 3 heteroatoms. The van der Waals surface area contributed by atoms with Gasteiger partial charge in [-0.15, -0.1) is 0 Å². The monoisotopic (exact) mass is 357 g/mol. The summed E-state index contributed by atoms with van der Waals surface area (Å²) < 4.78 is 27.5. The first kappa shape index (κ1) is 20.4. The highest BCUT2D eigenvalue weighted by Gasteiger charge is 2.14. The zero-order chi connectivity index (χ0) is 18.8. The van der Waals surface area contributed by atoms with Gasteiger partial charge in [0.1, 0.15) is 23.3 Å². The summed E-state index contributed by atoms with van der Waals surface area (Å²) in [5, 5.41) is 8.76. The van der Waals surface area contributed by atoms with E-state index in [1.54, 1.807) is 6.07 Å². The number of hydrogen-bond acceptors (Lipinski definition) is 1. The van der Waals surface area contributed by atoms with Gasteiger partial charge in [-0.2, -0.15) is 5.26 Å². The van der Waals surface area contributed by atoms with Crippen LogP contribution in [0, 0.1) is 23.0 Å². The first-order valence-corrected chi connectivity index (χ1v) is 9.93. The van der Waals surface area contributed by atoms with Gasteiger partial charge in [-0.1, -0.05) is 69.6 Å². The molecule has 0 atom stereocenters. The van der Waals surface area contributed by atoms with Crippen LogP contribution >= 0.6 is 0 Å². The molecule has 1 nitrogen and oxygen atoms in total. The Kier molecular flexibility index (Phi) is 8.54. The molecule has 0 radical (unpaired) electrons. The molecule has 1 aromatic carbocycles. The molecule has 1 aromatic rings. The van der Waals surface area contributed by atoms with Crippen molar-refractivity contribution in [1.82, 2.24) is 0 Å². The predicted molar refractivity (Wildman–Crippen MR) is 104 cm³/mol. The average Bonchev–Trinajstić information content (AvgIpc) is 2.64. The number of benzene rings is 1. The normalized spacial score (nSPS) is 13.9. The Hall–Kier alpha value is -1.95. The largest absolute Gasteiger partial charge is 0.205 e. The van der Waals surface area contributed by atoms with Gasteiger partial charge in [-0.25, -0.2) is 8.78 Å². The molecule has 0 unspecified atom stereocenters. The third-order valence-corrected chi connectivity index (χ3v) is 5.11. The lowest BCUT2D eigenvalue weighted by Crippen LogP contribution is -1.98. The molecule has 1 aliphatic carbocycles. The molecule has 0 heterocycles. The summed E-state index contributed by atoms with van der Waals surface area (Å²) in [6, 6.07) is 4.10. The van der Waals surface area contributed by atoms with E-state index in [0.29, 0.717) is 5.56 Å². The number of nitrogens with zero attached hydrogens (tertiary/aromatic N) is 1. The molecule has 1 aliphatic rings. The maximum absolute atomic E-state index is 13.8. The van der Waals surface area contributed by atoms with E-state index < -0.39 is 17.2 Å². The molecular weight excluding hydrogens is 328 g/mol. The topological polar surface area (TPSA) is 23.8 Å². The number of rotatable bonds is 10. The van der Waals surface area contributed by atoms with Gasteiger partial charge in [0.2, 0.25) is 0 Å². The standard InChI is InChI=1S/C23H29F2N/c1-2-3-4-5-6-7-8-9-10-18-11-13-19(14-12-18)20-15-22(24)21(17-26)23(25)16-20/h11,13,15-16H,2-10,12,14H2,1H3. The molecule has 0 aliphatic heterocycles. The summed E-state index contributed by atoms with van der Waals surface area (Å²) in [6.45, 7) is 2.24. The zero-order valence-corrected chi connectivity index (χ0v) is 15.8. The molecule has 0 amide bonds. The van der Waals surface area contributed by atoms with Crippen molar-refractivity contribution >= 4 is 5.57 Å². The summed E-state index contributed by atoms with van der Waals surface area (Å²) in [4.78, 5) is 0. The van der Waals surface area contributed by atoms with Crippen molar-refractivity contribution in [3.63, 3.8) is 0 Å². The van der Waals surface area contributed by atoms with Gasteiger partial charge in [-0.05, 0) is 49.0 Å². The molecule has 0 bridgehead atoms. The Labute approximate surface area is 156 Å². The number of allylic oxidation sites excluding steroid dienone is 4. The molecule has 0 fully saturated rings. The minimum Gasteiger partial charge on any atom is -0.205 e. The smallest absolute Gasteiger partial charge is 0.144 e. The van der Waals surface area contributed by atoms with Crippen LogP contribution in [0.3, 0.4) is 0 Å². The van der Waals surface area contributed by atoms with E-state index in [1.165, 1.54) is 69.1 Å². The minimum absolute atomic E-state index is 0.504. The Morgan fingerprint density at radius 3 is 2.04 bits per heavy atom. The highest BCUT2D eigenvalue weighted by Crippen LogP contribution is 2.30.